The van der Waals surface area contributed by atoms with E-state index in [9.17, 15) is 9.90 Å². The highest BCUT2D eigenvalue weighted by molar-refractivity contribution is 5.78. The summed E-state index contributed by atoms with van der Waals surface area (Å²) >= 11 is 0. The minimum Gasteiger partial charge on any atom is -0.480 e. The maximum atomic E-state index is 11.4. The number of carboxylic acid groups (broad SMARTS) is 1. The van der Waals surface area contributed by atoms with Crippen LogP contribution in [0, 0.1) is 5.92 Å². The molecule has 0 bridgehead atoms. The summed E-state index contributed by atoms with van der Waals surface area (Å²) in [5.41, 5.74) is -0.765. The first-order chi connectivity index (χ1) is 9.89. The highest BCUT2D eigenvalue weighted by Gasteiger charge is 2.32. The quantitative estimate of drug-likeness (QED) is 0.544. The monoisotopic (exact) mass is 298 g/mol. The van der Waals surface area contributed by atoms with Crippen molar-refractivity contribution in [1.29, 1.82) is 0 Å². The van der Waals surface area contributed by atoms with Gasteiger partial charge in [-0.25, -0.2) is 0 Å². The third-order valence-corrected chi connectivity index (χ3v) is 4.27. The Morgan fingerprint density at radius 3 is 2.52 bits per heavy atom. The molecule has 1 atom stereocenters. The van der Waals surface area contributed by atoms with Gasteiger partial charge in [-0.15, -0.1) is 0 Å². The molecule has 0 aliphatic heterocycles. The van der Waals surface area contributed by atoms with Crippen LogP contribution in [0.5, 0.6) is 0 Å². The topological polar surface area (TPSA) is 52.6 Å². The number of hydrogen-bond acceptors (Lipinski definition) is 3. The van der Waals surface area contributed by atoms with Gasteiger partial charge in [0.15, 0.2) is 0 Å². The van der Waals surface area contributed by atoms with Gasteiger partial charge in [0.25, 0.3) is 0 Å². The van der Waals surface area contributed by atoms with Gasteiger partial charge in [-0.2, -0.15) is 0 Å². The first-order valence-corrected chi connectivity index (χ1v) is 8.61. The fraction of sp³-hybridized carbons (Fsp3) is 0.941. The highest BCUT2D eigenvalue weighted by Crippen LogP contribution is 2.28. The molecule has 2 N–H and O–H groups in total. The number of aliphatic carboxylic acids is 1. The van der Waals surface area contributed by atoms with Crippen molar-refractivity contribution >= 4 is 5.97 Å². The van der Waals surface area contributed by atoms with Gasteiger partial charge in [0.05, 0.1) is 0 Å². The van der Waals surface area contributed by atoms with E-state index in [1.807, 2.05) is 6.92 Å². The van der Waals surface area contributed by atoms with Crippen LogP contribution in [0.15, 0.2) is 0 Å². The molecule has 21 heavy (non-hydrogen) atoms. The lowest BCUT2D eigenvalue weighted by atomic mass is 9.94. The maximum Gasteiger partial charge on any atom is 0.323 e. The minimum atomic E-state index is -0.765. The van der Waals surface area contributed by atoms with E-state index in [2.05, 4.69) is 31.0 Å². The Morgan fingerprint density at radius 2 is 2.05 bits per heavy atom. The van der Waals surface area contributed by atoms with Crippen LogP contribution in [-0.4, -0.2) is 47.2 Å². The van der Waals surface area contributed by atoms with Crippen LogP contribution in [0.25, 0.3) is 0 Å². The van der Waals surface area contributed by atoms with Gasteiger partial charge in [-0.1, -0.05) is 20.8 Å². The Morgan fingerprint density at radius 1 is 1.38 bits per heavy atom. The summed E-state index contributed by atoms with van der Waals surface area (Å²) in [5.74, 6) is -0.0155. The fourth-order valence-corrected chi connectivity index (χ4v) is 2.80. The molecule has 0 aromatic carbocycles. The predicted molar refractivity (Wildman–Crippen MR) is 87.6 cm³/mol. The van der Waals surface area contributed by atoms with Crippen molar-refractivity contribution in [2.75, 3.05) is 19.6 Å². The molecule has 1 aliphatic rings. The van der Waals surface area contributed by atoms with E-state index in [0.717, 1.165) is 38.4 Å². The van der Waals surface area contributed by atoms with Gasteiger partial charge in [0.2, 0.25) is 0 Å². The van der Waals surface area contributed by atoms with Crippen molar-refractivity contribution in [3.63, 3.8) is 0 Å². The van der Waals surface area contributed by atoms with Gasteiger partial charge in [0, 0.05) is 12.6 Å². The zero-order valence-electron chi connectivity index (χ0n) is 14.3. The third-order valence-electron chi connectivity index (χ3n) is 4.27. The van der Waals surface area contributed by atoms with E-state index in [1.165, 1.54) is 19.4 Å². The molecule has 1 rings (SSSR count). The second-order valence-corrected chi connectivity index (χ2v) is 7.14. The number of unbranched alkanes of at least 4 members (excludes halogenated alkanes) is 1. The Hall–Kier alpha value is -0.610. The Bertz CT molecular complexity index is 316. The van der Waals surface area contributed by atoms with Crippen LogP contribution < -0.4 is 5.32 Å². The van der Waals surface area contributed by atoms with Gasteiger partial charge < -0.3 is 15.3 Å². The van der Waals surface area contributed by atoms with Gasteiger partial charge >= 0.3 is 5.97 Å². The molecule has 4 nitrogen and oxygen atoms in total. The van der Waals surface area contributed by atoms with E-state index in [4.69, 9.17) is 0 Å². The fourth-order valence-electron chi connectivity index (χ4n) is 2.80. The SMILES string of the molecule is CCCNC(C)(CCCCN(CC(C)C)C1CC1)C(=O)O. The lowest BCUT2D eigenvalue weighted by molar-refractivity contribution is -0.144. The van der Waals surface area contributed by atoms with Crippen LogP contribution in [0.4, 0.5) is 0 Å². The van der Waals surface area contributed by atoms with Crippen molar-refractivity contribution < 1.29 is 9.90 Å². The molecule has 4 heteroatoms. The van der Waals surface area contributed by atoms with E-state index in [1.54, 1.807) is 0 Å². The number of nitrogens with zero attached hydrogens (tertiary/aromatic N) is 1. The third kappa shape index (κ3) is 6.79. The van der Waals surface area contributed by atoms with E-state index in [-0.39, 0.29) is 0 Å². The first-order valence-electron chi connectivity index (χ1n) is 8.61. The zero-order valence-corrected chi connectivity index (χ0v) is 14.3. The van der Waals surface area contributed by atoms with Crippen molar-refractivity contribution in [3.05, 3.63) is 0 Å². The van der Waals surface area contributed by atoms with Crippen molar-refractivity contribution in [2.45, 2.75) is 77.8 Å². The van der Waals surface area contributed by atoms with Crippen molar-refractivity contribution in [2.24, 2.45) is 5.92 Å². The van der Waals surface area contributed by atoms with Crippen LogP contribution in [0.1, 0.15) is 66.2 Å². The van der Waals surface area contributed by atoms with E-state index >= 15 is 0 Å². The average molecular weight is 298 g/mol. The second kappa shape index (κ2) is 8.74. The largest absolute Gasteiger partial charge is 0.480 e. The Balaban J connectivity index is 2.30. The first kappa shape index (κ1) is 18.4. The summed E-state index contributed by atoms with van der Waals surface area (Å²) in [7, 11) is 0. The lowest BCUT2D eigenvalue weighted by Crippen LogP contribution is -2.49. The normalized spacial score (nSPS) is 18.2. The molecular weight excluding hydrogens is 264 g/mol. The Kier molecular flexibility index (Phi) is 7.67. The zero-order chi connectivity index (χ0) is 15.9. The van der Waals surface area contributed by atoms with Gasteiger partial charge in [-0.3, -0.25) is 4.79 Å². The molecule has 1 unspecified atom stereocenters. The molecule has 0 aromatic rings. The van der Waals surface area contributed by atoms with Crippen LogP contribution in [-0.2, 0) is 4.79 Å². The molecule has 0 heterocycles. The number of rotatable bonds is 12. The summed E-state index contributed by atoms with van der Waals surface area (Å²) in [6.45, 7) is 11.5. The van der Waals surface area contributed by atoms with Crippen LogP contribution >= 0.6 is 0 Å². The summed E-state index contributed by atoms with van der Waals surface area (Å²) in [6.07, 6.45) is 6.44. The highest BCUT2D eigenvalue weighted by atomic mass is 16.4. The smallest absolute Gasteiger partial charge is 0.323 e. The number of hydrogen-bond donors (Lipinski definition) is 2. The molecule has 0 spiro atoms. The molecule has 1 saturated carbocycles. The predicted octanol–water partition coefficient (Wildman–Crippen LogP) is 3.12. The number of carboxylic acids is 1. The van der Waals surface area contributed by atoms with Crippen molar-refractivity contribution in [3.8, 4) is 0 Å². The summed E-state index contributed by atoms with van der Waals surface area (Å²) in [4.78, 5) is 14.0. The standard InChI is InChI=1S/C17H34N2O2/c1-5-11-18-17(4,16(20)21)10-6-7-12-19(13-14(2)3)15-8-9-15/h14-15,18H,5-13H2,1-4H3,(H,20,21). The van der Waals surface area contributed by atoms with Gasteiger partial charge in [-0.05, 0) is 64.5 Å². The second-order valence-electron chi connectivity index (χ2n) is 7.14. The van der Waals surface area contributed by atoms with Gasteiger partial charge in [0.1, 0.15) is 5.54 Å². The lowest BCUT2D eigenvalue weighted by Gasteiger charge is -2.27. The number of carbonyl (C=O) groups is 1. The van der Waals surface area contributed by atoms with E-state index < -0.39 is 11.5 Å². The molecule has 124 valence electrons. The van der Waals surface area contributed by atoms with Crippen LogP contribution in [0.3, 0.4) is 0 Å². The van der Waals surface area contributed by atoms with E-state index in [0.29, 0.717) is 12.3 Å². The summed E-state index contributed by atoms with van der Waals surface area (Å²) < 4.78 is 0. The summed E-state index contributed by atoms with van der Waals surface area (Å²) in [5, 5.41) is 12.6. The minimum absolute atomic E-state index is 0.709. The molecule has 0 saturated heterocycles. The molecule has 1 aliphatic carbocycles. The average Bonchev–Trinajstić information content (AvgIpc) is 3.23. The molecular formula is C17H34N2O2. The maximum absolute atomic E-state index is 11.4. The molecule has 0 radical (unpaired) electrons. The van der Waals surface area contributed by atoms with Crippen LogP contribution in [0.2, 0.25) is 0 Å². The number of nitrogens with one attached hydrogen (secondary N) is 1. The molecule has 0 aromatic heterocycles. The summed E-state index contributed by atoms with van der Waals surface area (Å²) in [6, 6.07) is 0.802. The molecule has 1 fully saturated rings. The Labute approximate surface area is 130 Å². The molecule has 0 amide bonds. The van der Waals surface area contributed by atoms with Crippen molar-refractivity contribution in [1.82, 2.24) is 10.2 Å².